The molecule has 1 aromatic carbocycles. The highest BCUT2D eigenvalue weighted by Gasteiger charge is 2.10. The van der Waals surface area contributed by atoms with E-state index in [9.17, 15) is 8.42 Å². The fourth-order valence-electron chi connectivity index (χ4n) is 1.18. The zero-order valence-corrected chi connectivity index (χ0v) is 11.2. The topological polar surface area (TPSA) is 46.2 Å². The molecule has 0 bridgehead atoms. The van der Waals surface area contributed by atoms with Crippen molar-refractivity contribution in [1.82, 2.24) is 0 Å². The number of sulfonamides is 1. The third-order valence-corrected chi connectivity index (χ3v) is 3.71. The van der Waals surface area contributed by atoms with Gasteiger partial charge in [-0.05, 0) is 24.6 Å². The molecule has 1 aromatic rings. The molecule has 0 radical (unpaired) electrons. The maximum absolute atomic E-state index is 11.6. The van der Waals surface area contributed by atoms with Crippen molar-refractivity contribution >= 4 is 38.9 Å². The van der Waals surface area contributed by atoms with Crippen LogP contribution in [0.4, 0.5) is 5.69 Å². The summed E-state index contributed by atoms with van der Waals surface area (Å²) in [5.74, 6) is 0.105. The number of unbranched alkanes of at least 4 members (excludes halogenated alkanes) is 1. The Balaban J connectivity index is 2.80. The Kier molecular flexibility index (Phi) is 4.89. The van der Waals surface area contributed by atoms with Gasteiger partial charge in [-0.15, -0.1) is 0 Å². The van der Waals surface area contributed by atoms with Crippen molar-refractivity contribution in [3.05, 3.63) is 28.2 Å². The highest BCUT2D eigenvalue weighted by molar-refractivity contribution is 7.92. The molecular weight excluding hydrogens is 269 g/mol. The Bertz CT molecular complexity index is 440. The van der Waals surface area contributed by atoms with Crippen LogP contribution in [0.2, 0.25) is 10.0 Å². The highest BCUT2D eigenvalue weighted by Crippen LogP contribution is 2.23. The van der Waals surface area contributed by atoms with Crippen LogP contribution in [0.15, 0.2) is 18.2 Å². The zero-order valence-electron chi connectivity index (χ0n) is 8.83. The van der Waals surface area contributed by atoms with E-state index < -0.39 is 10.0 Å². The molecular formula is C10H13Cl2NO2S. The molecule has 0 atom stereocenters. The average Bonchev–Trinajstić information content (AvgIpc) is 2.12. The van der Waals surface area contributed by atoms with Crippen LogP contribution in [-0.2, 0) is 10.0 Å². The molecule has 16 heavy (non-hydrogen) atoms. The predicted octanol–water partition coefficient (Wildman–Crippen LogP) is 3.54. The van der Waals surface area contributed by atoms with Gasteiger partial charge in [0.05, 0.1) is 11.4 Å². The number of halogens is 2. The molecule has 0 heterocycles. The van der Waals surface area contributed by atoms with E-state index in [4.69, 9.17) is 23.2 Å². The lowest BCUT2D eigenvalue weighted by Crippen LogP contribution is -2.16. The molecule has 0 fully saturated rings. The Hall–Kier alpha value is -0.450. The monoisotopic (exact) mass is 281 g/mol. The van der Waals surface area contributed by atoms with Gasteiger partial charge >= 0.3 is 0 Å². The molecule has 0 spiro atoms. The van der Waals surface area contributed by atoms with Crippen molar-refractivity contribution < 1.29 is 8.42 Å². The van der Waals surface area contributed by atoms with Crippen molar-refractivity contribution in [2.75, 3.05) is 10.5 Å². The second-order valence-corrected chi connectivity index (χ2v) is 6.15. The number of benzene rings is 1. The van der Waals surface area contributed by atoms with E-state index in [0.717, 1.165) is 6.42 Å². The summed E-state index contributed by atoms with van der Waals surface area (Å²) in [5.41, 5.74) is 0.397. The van der Waals surface area contributed by atoms with E-state index in [1.807, 2.05) is 6.92 Å². The Morgan fingerprint density at radius 3 is 2.25 bits per heavy atom. The Labute approximate surface area is 106 Å². The van der Waals surface area contributed by atoms with Gasteiger partial charge in [0.15, 0.2) is 0 Å². The zero-order chi connectivity index (χ0) is 12.2. The van der Waals surface area contributed by atoms with Gasteiger partial charge in [0.2, 0.25) is 10.0 Å². The Morgan fingerprint density at radius 1 is 1.19 bits per heavy atom. The molecule has 0 aliphatic carbocycles. The molecule has 6 heteroatoms. The molecule has 3 nitrogen and oxygen atoms in total. The predicted molar refractivity (Wildman–Crippen MR) is 68.8 cm³/mol. The maximum atomic E-state index is 11.6. The minimum atomic E-state index is -3.30. The van der Waals surface area contributed by atoms with Crippen LogP contribution in [0.25, 0.3) is 0 Å². The molecule has 1 N–H and O–H groups in total. The molecule has 90 valence electrons. The third-order valence-electron chi connectivity index (χ3n) is 1.90. The summed E-state index contributed by atoms with van der Waals surface area (Å²) < 4.78 is 25.6. The van der Waals surface area contributed by atoms with Crippen molar-refractivity contribution in [2.24, 2.45) is 0 Å². The fraction of sp³-hybridized carbons (Fsp3) is 0.400. The minimum Gasteiger partial charge on any atom is -0.283 e. The summed E-state index contributed by atoms with van der Waals surface area (Å²) in [5, 5.41) is 0.807. The standard InChI is InChI=1S/C10H13Cl2NO2S/c1-2-3-4-16(14,15)13-10-6-8(11)5-9(12)7-10/h5-7,13H,2-4H2,1H3. The van der Waals surface area contributed by atoms with Gasteiger partial charge in [0.1, 0.15) is 0 Å². The first kappa shape index (κ1) is 13.6. The van der Waals surface area contributed by atoms with E-state index in [1.165, 1.54) is 12.1 Å². The lowest BCUT2D eigenvalue weighted by atomic mass is 10.3. The van der Waals surface area contributed by atoms with Crippen molar-refractivity contribution in [2.45, 2.75) is 19.8 Å². The summed E-state index contributed by atoms with van der Waals surface area (Å²) in [6, 6.07) is 4.60. The van der Waals surface area contributed by atoms with Crippen molar-refractivity contribution in [1.29, 1.82) is 0 Å². The summed E-state index contributed by atoms with van der Waals surface area (Å²) in [7, 11) is -3.30. The first-order valence-electron chi connectivity index (χ1n) is 4.89. The summed E-state index contributed by atoms with van der Waals surface area (Å²) in [4.78, 5) is 0. The number of rotatable bonds is 5. The normalized spacial score (nSPS) is 11.4. The van der Waals surface area contributed by atoms with Crippen LogP contribution >= 0.6 is 23.2 Å². The molecule has 0 aliphatic heterocycles. The van der Waals surface area contributed by atoms with Gasteiger partial charge in [-0.2, -0.15) is 0 Å². The fourth-order valence-corrected chi connectivity index (χ4v) is 2.95. The van der Waals surface area contributed by atoms with Gasteiger partial charge in [-0.3, -0.25) is 4.72 Å². The van der Waals surface area contributed by atoms with Crippen LogP contribution in [0.5, 0.6) is 0 Å². The van der Waals surface area contributed by atoms with Crippen LogP contribution in [-0.4, -0.2) is 14.2 Å². The van der Waals surface area contributed by atoms with Gasteiger partial charge in [-0.25, -0.2) is 8.42 Å². The van der Waals surface area contributed by atoms with Crippen LogP contribution in [0.3, 0.4) is 0 Å². The summed E-state index contributed by atoms with van der Waals surface area (Å²) in [6.07, 6.45) is 1.46. The third kappa shape index (κ3) is 4.60. The maximum Gasteiger partial charge on any atom is 0.232 e. The Morgan fingerprint density at radius 2 is 1.75 bits per heavy atom. The van der Waals surface area contributed by atoms with Crippen LogP contribution in [0, 0.1) is 0 Å². The molecule has 0 saturated carbocycles. The first-order valence-corrected chi connectivity index (χ1v) is 7.30. The first-order chi connectivity index (χ1) is 7.43. The second-order valence-electron chi connectivity index (χ2n) is 3.43. The summed E-state index contributed by atoms with van der Waals surface area (Å²) in [6.45, 7) is 1.94. The smallest absolute Gasteiger partial charge is 0.232 e. The number of nitrogens with one attached hydrogen (secondary N) is 1. The quantitative estimate of drug-likeness (QED) is 0.897. The molecule has 1 rings (SSSR count). The van der Waals surface area contributed by atoms with E-state index in [-0.39, 0.29) is 5.75 Å². The molecule has 0 aromatic heterocycles. The lowest BCUT2D eigenvalue weighted by Gasteiger charge is -2.08. The SMILES string of the molecule is CCCCS(=O)(=O)Nc1cc(Cl)cc(Cl)c1. The largest absolute Gasteiger partial charge is 0.283 e. The molecule has 0 amide bonds. The van der Waals surface area contributed by atoms with Crippen LogP contribution < -0.4 is 4.72 Å². The molecule has 0 saturated heterocycles. The highest BCUT2D eigenvalue weighted by atomic mass is 35.5. The minimum absolute atomic E-state index is 0.105. The average molecular weight is 282 g/mol. The molecule has 0 unspecified atom stereocenters. The van der Waals surface area contributed by atoms with Gasteiger partial charge in [0.25, 0.3) is 0 Å². The molecule has 0 aliphatic rings. The second kappa shape index (κ2) is 5.75. The number of hydrogen-bond acceptors (Lipinski definition) is 2. The van der Waals surface area contributed by atoms with E-state index >= 15 is 0 Å². The van der Waals surface area contributed by atoms with E-state index in [0.29, 0.717) is 22.2 Å². The van der Waals surface area contributed by atoms with Crippen molar-refractivity contribution in [3.63, 3.8) is 0 Å². The summed E-state index contributed by atoms with van der Waals surface area (Å²) >= 11 is 11.5. The van der Waals surface area contributed by atoms with Crippen molar-refractivity contribution in [3.8, 4) is 0 Å². The van der Waals surface area contributed by atoms with Gasteiger partial charge in [-0.1, -0.05) is 36.5 Å². The lowest BCUT2D eigenvalue weighted by molar-refractivity contribution is 0.598. The van der Waals surface area contributed by atoms with Crippen LogP contribution in [0.1, 0.15) is 19.8 Å². The van der Waals surface area contributed by atoms with Gasteiger partial charge < -0.3 is 0 Å². The van der Waals surface area contributed by atoms with E-state index in [1.54, 1.807) is 6.07 Å². The van der Waals surface area contributed by atoms with Gasteiger partial charge in [0, 0.05) is 10.0 Å². The van der Waals surface area contributed by atoms with E-state index in [2.05, 4.69) is 4.72 Å². The number of hydrogen-bond donors (Lipinski definition) is 1. The number of anilines is 1.